The van der Waals surface area contributed by atoms with E-state index in [-0.39, 0.29) is 0 Å². The van der Waals surface area contributed by atoms with Crippen LogP contribution in [0.1, 0.15) is 44.0 Å². The van der Waals surface area contributed by atoms with E-state index in [1.54, 1.807) is 6.07 Å². The highest BCUT2D eigenvalue weighted by molar-refractivity contribution is 7.99. The standard InChI is InChI=1S/C16H19ClO2S/c17-13-8-4-5-11-9-15(19-16(11)13)14(18)10-20-12-6-2-1-3-7-12/h4-5,8-9,12,14,18H,1-3,6-7,10H2. The van der Waals surface area contributed by atoms with Crippen molar-refractivity contribution in [1.82, 2.24) is 0 Å². The molecule has 108 valence electrons. The van der Waals surface area contributed by atoms with Crippen molar-refractivity contribution in [3.63, 3.8) is 0 Å². The van der Waals surface area contributed by atoms with Crippen molar-refractivity contribution in [2.24, 2.45) is 0 Å². The van der Waals surface area contributed by atoms with Gasteiger partial charge in [-0.15, -0.1) is 0 Å². The first-order chi connectivity index (χ1) is 9.74. The highest BCUT2D eigenvalue weighted by Crippen LogP contribution is 2.33. The maximum absolute atomic E-state index is 10.3. The van der Waals surface area contributed by atoms with Gasteiger partial charge in [-0.2, -0.15) is 11.8 Å². The Morgan fingerprint density at radius 2 is 2.10 bits per heavy atom. The lowest BCUT2D eigenvalue weighted by molar-refractivity contribution is 0.176. The number of hydrogen-bond acceptors (Lipinski definition) is 3. The lowest BCUT2D eigenvalue weighted by Crippen LogP contribution is -2.11. The minimum absolute atomic E-state index is 0.551. The number of halogens is 1. The highest BCUT2D eigenvalue weighted by Gasteiger charge is 2.19. The molecule has 1 aliphatic carbocycles. The zero-order chi connectivity index (χ0) is 13.9. The number of rotatable bonds is 4. The summed E-state index contributed by atoms with van der Waals surface area (Å²) < 4.78 is 5.71. The van der Waals surface area contributed by atoms with E-state index in [1.807, 2.05) is 30.0 Å². The molecule has 4 heteroatoms. The third-order valence-electron chi connectivity index (χ3n) is 3.89. The number of hydrogen-bond donors (Lipinski definition) is 1. The molecular formula is C16H19ClO2S. The van der Waals surface area contributed by atoms with Crippen LogP contribution in [0.5, 0.6) is 0 Å². The van der Waals surface area contributed by atoms with Gasteiger partial charge in [0.15, 0.2) is 5.58 Å². The van der Waals surface area contributed by atoms with Crippen molar-refractivity contribution >= 4 is 34.3 Å². The van der Waals surface area contributed by atoms with Gasteiger partial charge in [-0.1, -0.05) is 43.0 Å². The van der Waals surface area contributed by atoms with Crippen LogP contribution < -0.4 is 0 Å². The Morgan fingerprint density at radius 1 is 1.30 bits per heavy atom. The van der Waals surface area contributed by atoms with Crippen LogP contribution in [0.2, 0.25) is 5.02 Å². The van der Waals surface area contributed by atoms with Crippen molar-refractivity contribution < 1.29 is 9.52 Å². The van der Waals surface area contributed by atoms with Gasteiger partial charge in [0.05, 0.1) is 5.02 Å². The molecule has 1 saturated carbocycles. The molecule has 20 heavy (non-hydrogen) atoms. The Labute approximate surface area is 128 Å². The van der Waals surface area contributed by atoms with Crippen molar-refractivity contribution in [3.05, 3.63) is 35.0 Å². The van der Waals surface area contributed by atoms with Crippen LogP contribution in [0.4, 0.5) is 0 Å². The van der Waals surface area contributed by atoms with Crippen LogP contribution in [-0.4, -0.2) is 16.1 Å². The van der Waals surface area contributed by atoms with Crippen LogP contribution in [-0.2, 0) is 0 Å². The van der Waals surface area contributed by atoms with Gasteiger partial charge in [0.2, 0.25) is 0 Å². The third kappa shape index (κ3) is 3.16. The maximum atomic E-state index is 10.3. The molecule has 0 saturated heterocycles. The summed E-state index contributed by atoms with van der Waals surface area (Å²) >= 11 is 7.96. The van der Waals surface area contributed by atoms with E-state index in [9.17, 15) is 5.11 Å². The van der Waals surface area contributed by atoms with Gasteiger partial charge >= 0.3 is 0 Å². The molecule has 0 aliphatic heterocycles. The average molecular weight is 311 g/mol. The number of benzene rings is 1. The van der Waals surface area contributed by atoms with Crippen molar-refractivity contribution in [2.45, 2.75) is 43.5 Å². The summed E-state index contributed by atoms with van der Waals surface area (Å²) in [6.45, 7) is 0. The van der Waals surface area contributed by atoms with Gasteiger partial charge in [-0.25, -0.2) is 0 Å². The second-order valence-corrected chi connectivity index (χ2v) is 7.16. The average Bonchev–Trinajstić information content (AvgIpc) is 2.91. The van der Waals surface area contributed by atoms with Crippen LogP contribution in [0.3, 0.4) is 0 Å². The molecule has 0 radical (unpaired) electrons. The number of thioether (sulfide) groups is 1. The summed E-state index contributed by atoms with van der Waals surface area (Å²) in [7, 11) is 0. The molecule has 1 aromatic heterocycles. The number of aliphatic hydroxyl groups is 1. The zero-order valence-electron chi connectivity index (χ0n) is 11.3. The summed E-state index contributed by atoms with van der Waals surface area (Å²) in [5.41, 5.74) is 0.672. The predicted octanol–water partition coefficient (Wildman–Crippen LogP) is 5.19. The smallest absolute Gasteiger partial charge is 0.152 e. The fraction of sp³-hybridized carbons (Fsp3) is 0.500. The first-order valence-corrected chi connectivity index (χ1v) is 8.64. The van der Waals surface area contributed by atoms with Crippen molar-refractivity contribution in [3.8, 4) is 0 Å². The third-order valence-corrected chi connectivity index (χ3v) is 5.63. The first-order valence-electron chi connectivity index (χ1n) is 7.21. The fourth-order valence-corrected chi connectivity index (χ4v) is 4.26. The Kier molecular flexibility index (Phi) is 4.59. The quantitative estimate of drug-likeness (QED) is 0.844. The van der Waals surface area contributed by atoms with Gasteiger partial charge in [0, 0.05) is 16.4 Å². The zero-order valence-corrected chi connectivity index (χ0v) is 12.9. The summed E-state index contributed by atoms with van der Waals surface area (Å²) in [6.07, 6.45) is 6.03. The summed E-state index contributed by atoms with van der Waals surface area (Å²) in [5, 5.41) is 12.5. The Hall–Kier alpha value is -0.640. The van der Waals surface area contributed by atoms with Crippen LogP contribution in [0.15, 0.2) is 28.7 Å². The summed E-state index contributed by atoms with van der Waals surface area (Å²) in [5.74, 6) is 1.32. The number of furan rings is 1. The molecule has 1 heterocycles. The first kappa shape index (κ1) is 14.3. The van der Waals surface area contributed by atoms with Gasteiger partial charge < -0.3 is 9.52 Å². The largest absolute Gasteiger partial charge is 0.457 e. The molecule has 3 rings (SSSR count). The van der Waals surface area contributed by atoms with Crippen LogP contribution >= 0.6 is 23.4 Å². The second kappa shape index (κ2) is 6.42. The SMILES string of the molecule is OC(CSC1CCCCC1)c1cc2cccc(Cl)c2o1. The van der Waals surface area contributed by atoms with E-state index in [2.05, 4.69) is 0 Å². The summed E-state index contributed by atoms with van der Waals surface area (Å²) in [6, 6.07) is 7.55. The molecule has 1 atom stereocenters. The Morgan fingerprint density at radius 3 is 2.85 bits per heavy atom. The van der Waals surface area contributed by atoms with E-state index >= 15 is 0 Å². The second-order valence-electron chi connectivity index (χ2n) is 5.42. The minimum atomic E-state index is -0.551. The van der Waals surface area contributed by atoms with Crippen molar-refractivity contribution in [2.75, 3.05) is 5.75 Å². The molecular weight excluding hydrogens is 292 g/mol. The highest BCUT2D eigenvalue weighted by atomic mass is 35.5. The molecule has 1 N–H and O–H groups in total. The molecule has 1 unspecified atom stereocenters. The minimum Gasteiger partial charge on any atom is -0.457 e. The lowest BCUT2D eigenvalue weighted by atomic mass is 10.0. The molecule has 2 aromatic rings. The molecule has 0 spiro atoms. The Balaban J connectivity index is 1.65. The fourth-order valence-electron chi connectivity index (χ4n) is 2.75. The monoisotopic (exact) mass is 310 g/mol. The molecule has 0 bridgehead atoms. The molecule has 2 nitrogen and oxygen atoms in total. The molecule has 1 aromatic carbocycles. The van der Waals surface area contributed by atoms with Crippen LogP contribution in [0.25, 0.3) is 11.0 Å². The van der Waals surface area contributed by atoms with E-state index in [4.69, 9.17) is 16.0 Å². The van der Waals surface area contributed by atoms with Gasteiger partial charge in [-0.3, -0.25) is 0 Å². The molecule has 0 amide bonds. The topological polar surface area (TPSA) is 33.4 Å². The molecule has 1 fully saturated rings. The summed E-state index contributed by atoms with van der Waals surface area (Å²) in [4.78, 5) is 0. The van der Waals surface area contributed by atoms with E-state index in [0.29, 0.717) is 27.4 Å². The predicted molar refractivity (Wildman–Crippen MR) is 85.5 cm³/mol. The van der Waals surface area contributed by atoms with Gasteiger partial charge in [-0.05, 0) is 25.0 Å². The van der Waals surface area contributed by atoms with E-state index in [0.717, 1.165) is 5.39 Å². The van der Waals surface area contributed by atoms with Crippen molar-refractivity contribution in [1.29, 1.82) is 0 Å². The Bertz CT molecular complexity index is 575. The van der Waals surface area contributed by atoms with E-state index < -0.39 is 6.10 Å². The van der Waals surface area contributed by atoms with Gasteiger partial charge in [0.1, 0.15) is 11.9 Å². The number of aliphatic hydroxyl groups excluding tert-OH is 1. The number of para-hydroxylation sites is 1. The van der Waals surface area contributed by atoms with E-state index in [1.165, 1.54) is 32.1 Å². The normalized spacial score (nSPS) is 18.5. The van der Waals surface area contributed by atoms with Gasteiger partial charge in [0.25, 0.3) is 0 Å². The van der Waals surface area contributed by atoms with Crippen LogP contribution in [0, 0.1) is 0 Å². The lowest BCUT2D eigenvalue weighted by Gasteiger charge is -2.21. The maximum Gasteiger partial charge on any atom is 0.152 e. The number of fused-ring (bicyclic) bond motifs is 1. The molecule has 1 aliphatic rings.